The molecule has 0 bridgehead atoms. The minimum absolute atomic E-state index is 0.0425. The topological polar surface area (TPSA) is 47.0 Å². The zero-order valence-corrected chi connectivity index (χ0v) is 11.2. The Morgan fingerprint density at radius 2 is 2.00 bits per heavy atom. The summed E-state index contributed by atoms with van der Waals surface area (Å²) in [5, 5.41) is 8.93. The maximum atomic E-state index is 11.9. The van der Waals surface area contributed by atoms with Crippen molar-refractivity contribution in [2.24, 2.45) is 0 Å². The third-order valence-electron chi connectivity index (χ3n) is 3.39. The van der Waals surface area contributed by atoms with Gasteiger partial charge in [0.25, 0.3) is 0 Å². The first kappa shape index (κ1) is 14.4. The second-order valence-electron chi connectivity index (χ2n) is 4.86. The van der Waals surface area contributed by atoms with E-state index in [1.807, 2.05) is 6.92 Å². The van der Waals surface area contributed by atoms with Crippen LogP contribution in [0, 0.1) is 0 Å². The lowest BCUT2D eigenvalue weighted by atomic mass is 10.2. The molecule has 1 aliphatic heterocycles. The number of likely N-dealkylation sites (N-methyl/N-ethyl adjacent to an activating group) is 1. The average molecular weight is 243 g/mol. The van der Waals surface area contributed by atoms with Crippen molar-refractivity contribution in [2.45, 2.75) is 19.4 Å². The highest BCUT2D eigenvalue weighted by Gasteiger charge is 2.24. The first-order valence-electron chi connectivity index (χ1n) is 6.34. The van der Waals surface area contributed by atoms with Gasteiger partial charge in [-0.05, 0) is 19.9 Å². The number of aliphatic hydroxyl groups is 1. The molecule has 0 aromatic heterocycles. The first-order chi connectivity index (χ1) is 8.06. The van der Waals surface area contributed by atoms with Crippen LogP contribution in [-0.4, -0.2) is 85.2 Å². The monoisotopic (exact) mass is 243 g/mol. The van der Waals surface area contributed by atoms with Crippen molar-refractivity contribution in [1.29, 1.82) is 0 Å². The molecule has 1 fully saturated rings. The molecule has 0 aromatic rings. The molecule has 0 radical (unpaired) electrons. The molecule has 1 N–H and O–H groups in total. The summed E-state index contributed by atoms with van der Waals surface area (Å²) in [6.45, 7) is 6.75. The number of rotatable bonds is 4. The highest BCUT2D eigenvalue weighted by molar-refractivity contribution is 5.80. The molecule has 5 nitrogen and oxygen atoms in total. The summed E-state index contributed by atoms with van der Waals surface area (Å²) in [4.78, 5) is 18.0. The summed E-state index contributed by atoms with van der Waals surface area (Å²) in [5.41, 5.74) is 0. The van der Waals surface area contributed by atoms with Crippen molar-refractivity contribution >= 4 is 5.91 Å². The Morgan fingerprint density at radius 1 is 1.29 bits per heavy atom. The number of nitrogens with zero attached hydrogens (tertiary/aromatic N) is 3. The molecule has 1 unspecified atom stereocenters. The lowest BCUT2D eigenvalue weighted by molar-refractivity contribution is -0.133. The van der Waals surface area contributed by atoms with E-state index in [0.29, 0.717) is 0 Å². The summed E-state index contributed by atoms with van der Waals surface area (Å²) in [6, 6.07) is -0.0425. The van der Waals surface area contributed by atoms with E-state index in [2.05, 4.69) is 9.80 Å². The molecule has 17 heavy (non-hydrogen) atoms. The van der Waals surface area contributed by atoms with Crippen molar-refractivity contribution in [3.05, 3.63) is 0 Å². The zero-order valence-electron chi connectivity index (χ0n) is 11.2. The van der Waals surface area contributed by atoms with E-state index in [9.17, 15) is 4.79 Å². The van der Waals surface area contributed by atoms with E-state index in [1.54, 1.807) is 19.0 Å². The molecule has 0 saturated carbocycles. The molecular formula is C12H25N3O2. The van der Waals surface area contributed by atoms with Gasteiger partial charge in [0.05, 0.1) is 12.6 Å². The number of β-amino-alcohol motifs (C(OH)–C–C–N with tert-alkyl or cyclic N) is 1. The smallest absolute Gasteiger partial charge is 0.239 e. The van der Waals surface area contributed by atoms with Gasteiger partial charge in [-0.1, -0.05) is 0 Å². The molecule has 1 heterocycles. The van der Waals surface area contributed by atoms with Crippen LogP contribution in [0.3, 0.4) is 0 Å². The van der Waals surface area contributed by atoms with Crippen LogP contribution in [0.25, 0.3) is 0 Å². The van der Waals surface area contributed by atoms with Gasteiger partial charge in [0, 0.05) is 40.3 Å². The van der Waals surface area contributed by atoms with Gasteiger partial charge in [0.15, 0.2) is 0 Å². The fourth-order valence-corrected chi connectivity index (χ4v) is 2.27. The van der Waals surface area contributed by atoms with Gasteiger partial charge in [-0.15, -0.1) is 0 Å². The maximum absolute atomic E-state index is 11.9. The number of carbonyl (C=O) groups excluding carboxylic acids is 1. The van der Waals surface area contributed by atoms with Gasteiger partial charge in [0.1, 0.15) is 0 Å². The minimum Gasteiger partial charge on any atom is -0.395 e. The Bertz CT molecular complexity index is 246. The number of aliphatic hydroxyl groups excluding tert-OH is 1. The largest absolute Gasteiger partial charge is 0.395 e. The number of amides is 1. The molecular weight excluding hydrogens is 218 g/mol. The molecule has 1 aliphatic rings. The van der Waals surface area contributed by atoms with Crippen LogP contribution in [0.15, 0.2) is 0 Å². The first-order valence-corrected chi connectivity index (χ1v) is 6.34. The summed E-state index contributed by atoms with van der Waals surface area (Å²) in [7, 11) is 3.60. The lowest BCUT2D eigenvalue weighted by Crippen LogP contribution is -2.46. The van der Waals surface area contributed by atoms with Crippen LogP contribution in [-0.2, 0) is 4.79 Å². The van der Waals surface area contributed by atoms with Crippen LogP contribution in [0.2, 0.25) is 0 Å². The van der Waals surface area contributed by atoms with Crippen LogP contribution in [0.1, 0.15) is 13.3 Å². The third kappa shape index (κ3) is 4.26. The van der Waals surface area contributed by atoms with Gasteiger partial charge >= 0.3 is 0 Å². The second-order valence-corrected chi connectivity index (χ2v) is 4.86. The molecule has 0 spiro atoms. The molecule has 0 aromatic carbocycles. The van der Waals surface area contributed by atoms with Gasteiger partial charge in [-0.2, -0.15) is 0 Å². The quantitative estimate of drug-likeness (QED) is 0.720. The van der Waals surface area contributed by atoms with Crippen molar-refractivity contribution < 1.29 is 9.90 Å². The number of hydrogen-bond donors (Lipinski definition) is 1. The Kier molecular flexibility index (Phi) is 5.88. The molecule has 100 valence electrons. The molecule has 1 saturated heterocycles. The molecule has 1 rings (SSSR count). The van der Waals surface area contributed by atoms with Gasteiger partial charge in [-0.3, -0.25) is 14.6 Å². The van der Waals surface area contributed by atoms with E-state index >= 15 is 0 Å². The van der Waals surface area contributed by atoms with E-state index < -0.39 is 0 Å². The normalized spacial score (nSPS) is 20.9. The van der Waals surface area contributed by atoms with Crippen molar-refractivity contribution in [1.82, 2.24) is 14.7 Å². The predicted octanol–water partition coefficient (Wildman–Crippen LogP) is -0.537. The van der Waals surface area contributed by atoms with E-state index in [-0.39, 0.29) is 18.6 Å². The Labute approximate surface area is 104 Å². The number of carbonyl (C=O) groups is 1. The summed E-state index contributed by atoms with van der Waals surface area (Å²) in [5.74, 6) is 0.167. The fraction of sp³-hybridized carbons (Fsp3) is 0.917. The van der Waals surface area contributed by atoms with E-state index in [0.717, 1.165) is 39.1 Å². The SMILES string of the molecule is CC(C(=O)N(C)C)N1CCCN(CCO)CC1. The second kappa shape index (κ2) is 6.93. The highest BCUT2D eigenvalue weighted by atomic mass is 16.3. The fourth-order valence-electron chi connectivity index (χ4n) is 2.27. The van der Waals surface area contributed by atoms with Crippen molar-refractivity contribution in [3.63, 3.8) is 0 Å². The van der Waals surface area contributed by atoms with Gasteiger partial charge in [-0.25, -0.2) is 0 Å². The molecule has 0 aliphatic carbocycles. The molecule has 5 heteroatoms. The summed E-state index contributed by atoms with van der Waals surface area (Å²) in [6.07, 6.45) is 1.06. The Morgan fingerprint density at radius 3 is 2.59 bits per heavy atom. The molecule has 1 amide bonds. The standard InChI is InChI=1S/C12H25N3O2/c1-11(12(17)13(2)3)15-6-4-5-14(7-8-15)9-10-16/h11,16H,4-10H2,1-3H3. The van der Waals surface area contributed by atoms with E-state index in [1.165, 1.54) is 0 Å². The zero-order chi connectivity index (χ0) is 12.8. The van der Waals surface area contributed by atoms with Crippen LogP contribution < -0.4 is 0 Å². The lowest BCUT2D eigenvalue weighted by Gasteiger charge is -2.28. The third-order valence-corrected chi connectivity index (χ3v) is 3.39. The van der Waals surface area contributed by atoms with Crippen LogP contribution in [0.5, 0.6) is 0 Å². The average Bonchev–Trinajstić information content (AvgIpc) is 2.53. The Hall–Kier alpha value is -0.650. The molecule has 1 atom stereocenters. The summed E-state index contributed by atoms with van der Waals surface area (Å²) < 4.78 is 0. The van der Waals surface area contributed by atoms with Gasteiger partial charge < -0.3 is 10.0 Å². The Balaban J connectivity index is 2.47. The highest BCUT2D eigenvalue weighted by Crippen LogP contribution is 2.08. The maximum Gasteiger partial charge on any atom is 0.239 e. The number of hydrogen-bond acceptors (Lipinski definition) is 4. The summed E-state index contributed by atoms with van der Waals surface area (Å²) >= 11 is 0. The van der Waals surface area contributed by atoms with Crippen molar-refractivity contribution in [3.8, 4) is 0 Å². The van der Waals surface area contributed by atoms with Crippen molar-refractivity contribution in [2.75, 3.05) is 53.4 Å². The van der Waals surface area contributed by atoms with Gasteiger partial charge in [0.2, 0.25) is 5.91 Å². The minimum atomic E-state index is -0.0425. The van der Waals surface area contributed by atoms with Crippen LogP contribution in [0.4, 0.5) is 0 Å². The van der Waals surface area contributed by atoms with E-state index in [4.69, 9.17) is 5.11 Å². The van der Waals surface area contributed by atoms with Crippen LogP contribution >= 0.6 is 0 Å². The predicted molar refractivity (Wildman–Crippen MR) is 67.9 cm³/mol.